The third-order valence-electron chi connectivity index (χ3n) is 3.24. The van der Waals surface area contributed by atoms with Crippen LogP contribution in [0.5, 0.6) is 0 Å². The van der Waals surface area contributed by atoms with Crippen LogP contribution in [0.3, 0.4) is 0 Å². The Morgan fingerprint density at radius 2 is 2.37 bits per heavy atom. The predicted octanol–water partition coefficient (Wildman–Crippen LogP) is 2.96. The molecule has 1 fully saturated rings. The largest absolute Gasteiger partial charge is 0.342 e. The molecule has 19 heavy (non-hydrogen) atoms. The molecule has 0 bridgehead atoms. The van der Waals surface area contributed by atoms with Crippen LogP contribution >= 0.6 is 11.8 Å². The number of carbonyl (C=O) groups is 1. The lowest BCUT2D eigenvalue weighted by molar-refractivity contribution is -0.128. The van der Waals surface area contributed by atoms with Gasteiger partial charge in [0.1, 0.15) is 0 Å². The molecule has 1 aliphatic rings. The first-order valence-electron chi connectivity index (χ1n) is 7.04. The van der Waals surface area contributed by atoms with E-state index in [2.05, 4.69) is 18.0 Å². The van der Waals surface area contributed by atoms with Gasteiger partial charge in [0, 0.05) is 31.2 Å². The topological polar surface area (TPSA) is 33.2 Å². The highest BCUT2D eigenvalue weighted by molar-refractivity contribution is 7.99. The molecule has 1 amide bonds. The molecule has 0 radical (unpaired) electrons. The van der Waals surface area contributed by atoms with Gasteiger partial charge in [-0.25, -0.2) is 0 Å². The number of rotatable bonds is 8. The van der Waals surface area contributed by atoms with Crippen LogP contribution in [-0.4, -0.2) is 34.6 Å². The van der Waals surface area contributed by atoms with Crippen molar-refractivity contribution in [1.82, 2.24) is 9.88 Å². The fourth-order valence-corrected chi connectivity index (χ4v) is 2.90. The van der Waals surface area contributed by atoms with Crippen molar-refractivity contribution in [2.45, 2.75) is 31.9 Å². The van der Waals surface area contributed by atoms with E-state index < -0.39 is 0 Å². The Morgan fingerprint density at radius 1 is 1.53 bits per heavy atom. The van der Waals surface area contributed by atoms with E-state index >= 15 is 0 Å². The third-order valence-corrected chi connectivity index (χ3v) is 4.23. The van der Waals surface area contributed by atoms with E-state index in [0.29, 0.717) is 11.7 Å². The first kappa shape index (κ1) is 14.4. The monoisotopic (exact) mass is 278 g/mol. The van der Waals surface area contributed by atoms with Gasteiger partial charge in [-0.3, -0.25) is 9.78 Å². The lowest BCUT2D eigenvalue weighted by atomic mass is 10.3. The summed E-state index contributed by atoms with van der Waals surface area (Å²) in [5.41, 5.74) is 1.18. The molecule has 2 rings (SSSR count). The van der Waals surface area contributed by atoms with Crippen molar-refractivity contribution in [3.8, 4) is 0 Å². The van der Waals surface area contributed by atoms with Crippen molar-refractivity contribution < 1.29 is 4.79 Å². The maximum atomic E-state index is 12.2. The maximum absolute atomic E-state index is 12.2. The molecule has 1 saturated carbocycles. The number of thioether (sulfide) groups is 1. The van der Waals surface area contributed by atoms with Crippen LogP contribution in [0, 0.1) is 5.92 Å². The molecular weight excluding hydrogens is 256 g/mol. The maximum Gasteiger partial charge on any atom is 0.232 e. The van der Waals surface area contributed by atoms with E-state index in [1.807, 2.05) is 17.2 Å². The summed E-state index contributed by atoms with van der Waals surface area (Å²) in [4.78, 5) is 18.3. The van der Waals surface area contributed by atoms with Crippen molar-refractivity contribution >= 4 is 17.7 Å². The second-order valence-electron chi connectivity index (χ2n) is 5.14. The van der Waals surface area contributed by atoms with E-state index in [4.69, 9.17) is 0 Å². The molecule has 0 spiro atoms. The highest BCUT2D eigenvalue weighted by Gasteiger charge is 2.26. The number of hydrogen-bond acceptors (Lipinski definition) is 3. The van der Waals surface area contributed by atoms with Gasteiger partial charge < -0.3 is 4.90 Å². The Morgan fingerprint density at radius 3 is 3.00 bits per heavy atom. The molecule has 1 heterocycles. The van der Waals surface area contributed by atoms with Crippen molar-refractivity contribution in [1.29, 1.82) is 0 Å². The SMILES string of the molecule is CCCN(CC1CC1)C(=O)CSCc1cccnc1. The fraction of sp³-hybridized carbons (Fsp3) is 0.600. The van der Waals surface area contributed by atoms with Gasteiger partial charge >= 0.3 is 0 Å². The lowest BCUT2D eigenvalue weighted by Gasteiger charge is -2.21. The van der Waals surface area contributed by atoms with Crippen molar-refractivity contribution in [2.24, 2.45) is 5.92 Å². The van der Waals surface area contributed by atoms with Gasteiger partial charge in [0.15, 0.2) is 0 Å². The van der Waals surface area contributed by atoms with Crippen LogP contribution in [0.1, 0.15) is 31.7 Å². The van der Waals surface area contributed by atoms with Gasteiger partial charge in [0.05, 0.1) is 5.75 Å². The molecule has 0 aromatic carbocycles. The van der Waals surface area contributed by atoms with Crippen LogP contribution in [-0.2, 0) is 10.5 Å². The second-order valence-corrected chi connectivity index (χ2v) is 6.12. The van der Waals surface area contributed by atoms with Gasteiger partial charge in [-0.15, -0.1) is 11.8 Å². The zero-order valence-electron chi connectivity index (χ0n) is 11.5. The average molecular weight is 278 g/mol. The molecule has 104 valence electrons. The minimum atomic E-state index is 0.294. The van der Waals surface area contributed by atoms with Crippen LogP contribution in [0.2, 0.25) is 0 Å². The minimum absolute atomic E-state index is 0.294. The Balaban J connectivity index is 1.72. The Kier molecular flexibility index (Phi) is 5.70. The Hall–Kier alpha value is -1.03. The number of amides is 1. The number of aromatic nitrogens is 1. The van der Waals surface area contributed by atoms with Gasteiger partial charge in [0.2, 0.25) is 5.91 Å². The van der Waals surface area contributed by atoms with Gasteiger partial charge in [-0.2, -0.15) is 0 Å². The fourth-order valence-electron chi connectivity index (χ4n) is 2.03. The summed E-state index contributed by atoms with van der Waals surface area (Å²) >= 11 is 1.68. The number of carbonyl (C=O) groups excluding carboxylic acids is 1. The van der Waals surface area contributed by atoms with E-state index in [-0.39, 0.29) is 0 Å². The molecule has 0 unspecified atom stereocenters. The van der Waals surface area contributed by atoms with Gasteiger partial charge in [-0.1, -0.05) is 13.0 Å². The summed E-state index contributed by atoms with van der Waals surface area (Å²) in [5, 5.41) is 0. The zero-order chi connectivity index (χ0) is 13.5. The predicted molar refractivity (Wildman–Crippen MR) is 80.0 cm³/mol. The number of pyridine rings is 1. The van der Waals surface area contributed by atoms with Crippen LogP contribution in [0.25, 0.3) is 0 Å². The van der Waals surface area contributed by atoms with E-state index in [9.17, 15) is 4.79 Å². The molecule has 1 aromatic heterocycles. The highest BCUT2D eigenvalue weighted by Crippen LogP contribution is 2.30. The third kappa shape index (κ3) is 5.23. The zero-order valence-corrected chi connectivity index (χ0v) is 12.4. The molecule has 1 aliphatic carbocycles. The Labute approximate surface area is 119 Å². The first-order valence-corrected chi connectivity index (χ1v) is 8.19. The lowest BCUT2D eigenvalue weighted by Crippen LogP contribution is -2.34. The van der Waals surface area contributed by atoms with Crippen molar-refractivity contribution in [3.63, 3.8) is 0 Å². The molecule has 1 aromatic rings. The normalized spacial score (nSPS) is 14.4. The van der Waals surface area contributed by atoms with Crippen molar-refractivity contribution in [2.75, 3.05) is 18.8 Å². The molecule has 0 N–H and O–H groups in total. The molecule has 3 nitrogen and oxygen atoms in total. The molecular formula is C15H22N2OS. The molecule has 4 heteroatoms. The summed E-state index contributed by atoms with van der Waals surface area (Å²) < 4.78 is 0. The van der Waals surface area contributed by atoms with Crippen molar-refractivity contribution in [3.05, 3.63) is 30.1 Å². The second kappa shape index (κ2) is 7.53. The summed E-state index contributed by atoms with van der Waals surface area (Å²) in [6.45, 7) is 4.01. The quantitative estimate of drug-likeness (QED) is 0.733. The van der Waals surface area contributed by atoms with E-state index in [1.54, 1.807) is 18.0 Å². The standard InChI is InChI=1S/C15H22N2OS/c1-2-8-17(10-13-5-6-13)15(18)12-19-11-14-4-3-7-16-9-14/h3-4,7,9,13H,2,5-6,8,10-12H2,1H3. The minimum Gasteiger partial charge on any atom is -0.342 e. The van der Waals surface area contributed by atoms with E-state index in [1.165, 1.54) is 18.4 Å². The average Bonchev–Trinajstić information content (AvgIpc) is 3.23. The van der Waals surface area contributed by atoms with Gasteiger partial charge in [-0.05, 0) is 36.8 Å². The van der Waals surface area contributed by atoms with Gasteiger partial charge in [0.25, 0.3) is 0 Å². The summed E-state index contributed by atoms with van der Waals surface area (Å²) in [7, 11) is 0. The van der Waals surface area contributed by atoms with Crippen LogP contribution in [0.15, 0.2) is 24.5 Å². The number of nitrogens with zero attached hydrogens (tertiary/aromatic N) is 2. The summed E-state index contributed by atoms with van der Waals surface area (Å²) in [6.07, 6.45) is 7.29. The van der Waals surface area contributed by atoms with Crippen LogP contribution < -0.4 is 0 Å². The molecule has 0 saturated heterocycles. The summed E-state index contributed by atoms with van der Waals surface area (Å²) in [6, 6.07) is 3.99. The highest BCUT2D eigenvalue weighted by atomic mass is 32.2. The van der Waals surface area contributed by atoms with E-state index in [0.717, 1.165) is 31.2 Å². The number of hydrogen-bond donors (Lipinski definition) is 0. The molecule has 0 aliphatic heterocycles. The van der Waals surface area contributed by atoms with Crippen LogP contribution in [0.4, 0.5) is 0 Å². The Bertz CT molecular complexity index is 392. The smallest absolute Gasteiger partial charge is 0.232 e. The molecule has 0 atom stereocenters. The summed E-state index contributed by atoms with van der Waals surface area (Å²) in [5.74, 6) is 2.52. The first-order chi connectivity index (χ1) is 9.29.